The Hall–Kier alpha value is -0.560. The lowest BCUT2D eigenvalue weighted by Gasteiger charge is -2.16. The van der Waals surface area contributed by atoms with Crippen LogP contribution in [-0.4, -0.2) is 16.8 Å². The van der Waals surface area contributed by atoms with Crippen molar-refractivity contribution in [2.24, 2.45) is 0 Å². The molecule has 0 bridgehead atoms. The molecule has 0 saturated heterocycles. The number of carbonyl (C=O) groups excluding carboxylic acids is 1. The van der Waals surface area contributed by atoms with Gasteiger partial charge in [0.1, 0.15) is 5.54 Å². The second-order valence-electron chi connectivity index (χ2n) is 2.72. The molecule has 0 aliphatic carbocycles. The summed E-state index contributed by atoms with van der Waals surface area (Å²) in [4.78, 5) is 10.9. The summed E-state index contributed by atoms with van der Waals surface area (Å²) >= 11 is 3.14. The van der Waals surface area contributed by atoms with Crippen LogP contribution in [-0.2, 0) is 4.79 Å². The molecule has 0 saturated carbocycles. The number of nitrogens with zero attached hydrogens (tertiary/aromatic N) is 1. The van der Waals surface area contributed by atoms with Crippen LogP contribution in [0.3, 0.4) is 0 Å². The zero-order chi connectivity index (χ0) is 8.91. The van der Waals surface area contributed by atoms with E-state index >= 15 is 0 Å². The number of hydrogen-bond acceptors (Lipinski definition) is 2. The number of hydrogen-bond donors (Lipinski definition) is 1. The van der Waals surface area contributed by atoms with Crippen LogP contribution in [0.25, 0.3) is 0 Å². The van der Waals surface area contributed by atoms with Crippen molar-refractivity contribution in [3.05, 3.63) is 0 Å². The zero-order valence-electron chi connectivity index (χ0n) is 6.65. The molecule has 0 aliphatic heterocycles. The van der Waals surface area contributed by atoms with Crippen LogP contribution in [0.2, 0.25) is 0 Å². The monoisotopic (exact) mass is 218 g/mol. The van der Waals surface area contributed by atoms with E-state index in [-0.39, 0.29) is 5.91 Å². The predicted octanol–water partition coefficient (Wildman–Crippen LogP) is 1.19. The van der Waals surface area contributed by atoms with Gasteiger partial charge in [0.25, 0.3) is 0 Å². The third-order valence-corrected chi connectivity index (χ3v) is 1.45. The minimum absolute atomic E-state index is 0.103. The standard InChI is InChI=1S/C7H11BrN2O/c1-7(2,5-9)10-6(11)3-4-8/h3-4H2,1-2H3,(H,10,11). The van der Waals surface area contributed by atoms with Crippen molar-refractivity contribution < 1.29 is 4.79 Å². The van der Waals surface area contributed by atoms with Crippen molar-refractivity contribution >= 4 is 21.8 Å². The second-order valence-corrected chi connectivity index (χ2v) is 3.52. The molecule has 0 rings (SSSR count). The van der Waals surface area contributed by atoms with Gasteiger partial charge in [0.05, 0.1) is 6.07 Å². The van der Waals surface area contributed by atoms with Gasteiger partial charge in [-0.2, -0.15) is 5.26 Å². The molecular weight excluding hydrogens is 208 g/mol. The molecule has 11 heavy (non-hydrogen) atoms. The molecule has 0 aromatic rings. The summed E-state index contributed by atoms with van der Waals surface area (Å²) in [7, 11) is 0. The van der Waals surface area contributed by atoms with Crippen LogP contribution in [0.5, 0.6) is 0 Å². The highest BCUT2D eigenvalue weighted by atomic mass is 79.9. The van der Waals surface area contributed by atoms with Crippen molar-refractivity contribution in [2.45, 2.75) is 25.8 Å². The molecule has 0 heterocycles. The average Bonchev–Trinajstić information content (AvgIpc) is 1.87. The van der Waals surface area contributed by atoms with E-state index in [0.717, 1.165) is 0 Å². The van der Waals surface area contributed by atoms with Crippen LogP contribution < -0.4 is 5.32 Å². The topological polar surface area (TPSA) is 52.9 Å². The van der Waals surface area contributed by atoms with E-state index in [4.69, 9.17) is 5.26 Å². The second kappa shape index (κ2) is 4.35. The number of nitrogens with one attached hydrogen (secondary N) is 1. The highest BCUT2D eigenvalue weighted by molar-refractivity contribution is 9.09. The Morgan fingerprint density at radius 1 is 1.73 bits per heavy atom. The lowest BCUT2D eigenvalue weighted by atomic mass is 10.1. The van der Waals surface area contributed by atoms with Gasteiger partial charge < -0.3 is 5.32 Å². The van der Waals surface area contributed by atoms with E-state index in [9.17, 15) is 4.79 Å². The predicted molar refractivity (Wildman–Crippen MR) is 46.2 cm³/mol. The maximum atomic E-state index is 10.9. The first kappa shape index (κ1) is 10.4. The first-order chi connectivity index (χ1) is 5.02. The molecule has 0 spiro atoms. The van der Waals surface area contributed by atoms with Crippen molar-refractivity contribution in [2.75, 3.05) is 5.33 Å². The molecule has 0 radical (unpaired) electrons. The van der Waals surface area contributed by atoms with Crippen LogP contribution in [0.1, 0.15) is 20.3 Å². The fourth-order valence-corrected chi connectivity index (χ4v) is 0.885. The van der Waals surface area contributed by atoms with Gasteiger partial charge in [-0.1, -0.05) is 15.9 Å². The molecule has 1 N–H and O–H groups in total. The van der Waals surface area contributed by atoms with Crippen molar-refractivity contribution in [3.63, 3.8) is 0 Å². The number of alkyl halides is 1. The molecule has 0 unspecified atom stereocenters. The van der Waals surface area contributed by atoms with Crippen molar-refractivity contribution in [3.8, 4) is 6.07 Å². The van der Waals surface area contributed by atoms with Gasteiger partial charge in [0, 0.05) is 11.8 Å². The van der Waals surface area contributed by atoms with Gasteiger partial charge in [-0.3, -0.25) is 4.79 Å². The minimum Gasteiger partial charge on any atom is -0.338 e. The first-order valence-electron chi connectivity index (χ1n) is 3.30. The summed E-state index contributed by atoms with van der Waals surface area (Å²) in [6.07, 6.45) is 0.408. The van der Waals surface area contributed by atoms with E-state index in [2.05, 4.69) is 21.2 Å². The first-order valence-corrected chi connectivity index (χ1v) is 4.42. The zero-order valence-corrected chi connectivity index (χ0v) is 8.23. The molecule has 3 nitrogen and oxygen atoms in total. The maximum Gasteiger partial charge on any atom is 0.222 e. The smallest absolute Gasteiger partial charge is 0.222 e. The molecule has 1 amide bonds. The minimum atomic E-state index is -0.751. The molecular formula is C7H11BrN2O. The van der Waals surface area contributed by atoms with Gasteiger partial charge in [-0.25, -0.2) is 0 Å². The Morgan fingerprint density at radius 3 is 2.64 bits per heavy atom. The van der Waals surface area contributed by atoms with E-state index in [0.29, 0.717) is 11.8 Å². The van der Waals surface area contributed by atoms with Gasteiger partial charge in [0.15, 0.2) is 0 Å². The van der Waals surface area contributed by atoms with Crippen molar-refractivity contribution in [1.29, 1.82) is 5.26 Å². The molecule has 0 aromatic carbocycles. The summed E-state index contributed by atoms with van der Waals surface area (Å²) in [6.45, 7) is 3.33. The number of rotatable bonds is 3. The van der Waals surface area contributed by atoms with Gasteiger partial charge in [0.2, 0.25) is 5.91 Å². The Morgan fingerprint density at radius 2 is 2.27 bits per heavy atom. The third kappa shape index (κ3) is 4.79. The fraction of sp³-hybridized carbons (Fsp3) is 0.714. The highest BCUT2D eigenvalue weighted by Crippen LogP contribution is 1.99. The quantitative estimate of drug-likeness (QED) is 0.725. The van der Waals surface area contributed by atoms with E-state index < -0.39 is 5.54 Å². The van der Waals surface area contributed by atoms with Crippen LogP contribution >= 0.6 is 15.9 Å². The lowest BCUT2D eigenvalue weighted by Crippen LogP contribution is -2.42. The molecule has 0 fully saturated rings. The molecule has 0 aromatic heterocycles. The van der Waals surface area contributed by atoms with Crippen molar-refractivity contribution in [1.82, 2.24) is 5.32 Å². The molecule has 0 aliphatic rings. The Bertz CT molecular complexity index is 183. The summed E-state index contributed by atoms with van der Waals surface area (Å²) in [5.41, 5.74) is -0.751. The average molecular weight is 219 g/mol. The van der Waals surface area contributed by atoms with Crippen LogP contribution in [0, 0.1) is 11.3 Å². The number of halogens is 1. The lowest BCUT2D eigenvalue weighted by molar-refractivity contribution is -0.121. The summed E-state index contributed by atoms with van der Waals surface area (Å²) < 4.78 is 0. The van der Waals surface area contributed by atoms with E-state index in [1.807, 2.05) is 6.07 Å². The van der Waals surface area contributed by atoms with Gasteiger partial charge >= 0.3 is 0 Å². The van der Waals surface area contributed by atoms with Crippen LogP contribution in [0.4, 0.5) is 0 Å². The maximum absolute atomic E-state index is 10.9. The van der Waals surface area contributed by atoms with Gasteiger partial charge in [-0.15, -0.1) is 0 Å². The highest BCUT2D eigenvalue weighted by Gasteiger charge is 2.18. The summed E-state index contributed by atoms with van der Waals surface area (Å²) in [6, 6.07) is 1.98. The third-order valence-electron chi connectivity index (χ3n) is 1.05. The number of carbonyl (C=O) groups is 1. The van der Waals surface area contributed by atoms with E-state index in [1.54, 1.807) is 13.8 Å². The summed E-state index contributed by atoms with van der Waals surface area (Å²) in [5.74, 6) is -0.103. The Balaban J connectivity index is 3.86. The van der Waals surface area contributed by atoms with Gasteiger partial charge in [-0.05, 0) is 13.8 Å². The number of nitriles is 1. The Labute approximate surface area is 74.9 Å². The molecule has 4 heteroatoms. The van der Waals surface area contributed by atoms with E-state index in [1.165, 1.54) is 0 Å². The largest absolute Gasteiger partial charge is 0.338 e. The molecule has 62 valence electrons. The number of amides is 1. The fourth-order valence-electron chi connectivity index (χ4n) is 0.525. The summed E-state index contributed by atoms with van der Waals surface area (Å²) in [5, 5.41) is 11.7. The normalized spacial score (nSPS) is 10.4. The van der Waals surface area contributed by atoms with Crippen LogP contribution in [0.15, 0.2) is 0 Å². The Kier molecular flexibility index (Phi) is 4.12. The SMILES string of the molecule is CC(C)(C#N)NC(=O)CCBr. The molecule has 0 atom stereocenters.